The Morgan fingerprint density at radius 1 is 1.05 bits per heavy atom. The van der Waals surface area contributed by atoms with E-state index in [4.69, 9.17) is 23.2 Å². The van der Waals surface area contributed by atoms with Crippen LogP contribution >= 0.6 is 23.2 Å². The molecule has 0 aliphatic carbocycles. The second kappa shape index (κ2) is 7.09. The molecule has 0 saturated heterocycles. The van der Waals surface area contributed by atoms with Crippen LogP contribution in [0.2, 0.25) is 10.0 Å². The molecule has 2 N–H and O–H groups in total. The Labute approximate surface area is 129 Å². The molecular weight excluding hydrogens is 293 g/mol. The number of aliphatic hydroxyl groups excluding tert-OH is 1. The Bertz CT molecular complexity index is 560. The molecule has 2 nitrogen and oxygen atoms in total. The monoisotopic (exact) mass is 309 g/mol. The number of nitrogens with one attached hydrogen (secondary N) is 1. The van der Waals surface area contributed by atoms with Crippen LogP contribution in [0.5, 0.6) is 0 Å². The van der Waals surface area contributed by atoms with Crippen LogP contribution in [0, 0.1) is 0 Å². The third-order valence-corrected chi connectivity index (χ3v) is 4.12. The second-order valence-electron chi connectivity index (χ2n) is 4.68. The Kier molecular flexibility index (Phi) is 5.44. The van der Waals surface area contributed by atoms with Gasteiger partial charge in [0.15, 0.2) is 0 Å². The smallest absolute Gasteiger partial charge is 0.0639 e. The van der Waals surface area contributed by atoms with Crippen LogP contribution in [-0.4, -0.2) is 11.7 Å². The molecule has 2 aromatic rings. The van der Waals surface area contributed by atoms with Gasteiger partial charge >= 0.3 is 0 Å². The maximum absolute atomic E-state index is 9.58. The first-order chi connectivity index (χ1) is 9.63. The standard InChI is InChI=1S/C16H17Cl2NO/c1-11(13-8-5-9-14(17)16(13)18)19-15(10-20)12-6-3-2-4-7-12/h2-9,11,15,19-20H,10H2,1H3/t11?,15-/m1/s1. The van der Waals surface area contributed by atoms with Crippen LogP contribution in [0.1, 0.15) is 30.1 Å². The molecule has 0 radical (unpaired) electrons. The van der Waals surface area contributed by atoms with Gasteiger partial charge in [0, 0.05) is 6.04 Å². The van der Waals surface area contributed by atoms with E-state index in [1.165, 1.54) is 0 Å². The zero-order valence-electron chi connectivity index (χ0n) is 11.2. The largest absolute Gasteiger partial charge is 0.394 e. The van der Waals surface area contributed by atoms with Crippen LogP contribution in [0.4, 0.5) is 0 Å². The molecule has 1 unspecified atom stereocenters. The number of hydrogen-bond acceptors (Lipinski definition) is 2. The summed E-state index contributed by atoms with van der Waals surface area (Å²) in [4.78, 5) is 0. The van der Waals surface area contributed by atoms with Crippen LogP contribution in [0.25, 0.3) is 0 Å². The molecule has 0 aliphatic heterocycles. The van der Waals surface area contributed by atoms with Gasteiger partial charge in [0.1, 0.15) is 0 Å². The van der Waals surface area contributed by atoms with Gasteiger partial charge in [0.2, 0.25) is 0 Å². The van der Waals surface area contributed by atoms with E-state index in [0.29, 0.717) is 10.0 Å². The maximum atomic E-state index is 9.58. The van der Waals surface area contributed by atoms with E-state index >= 15 is 0 Å². The average Bonchev–Trinajstić information content (AvgIpc) is 2.48. The molecule has 4 heteroatoms. The minimum absolute atomic E-state index is 0.0152. The fourth-order valence-corrected chi connectivity index (χ4v) is 2.66. The van der Waals surface area contributed by atoms with Crippen molar-refractivity contribution in [3.63, 3.8) is 0 Å². The molecule has 0 heterocycles. The van der Waals surface area contributed by atoms with Crippen LogP contribution < -0.4 is 5.32 Å². The summed E-state index contributed by atoms with van der Waals surface area (Å²) in [6.45, 7) is 2.02. The first-order valence-corrected chi connectivity index (χ1v) is 7.25. The van der Waals surface area contributed by atoms with E-state index in [2.05, 4.69) is 5.32 Å². The molecular formula is C16H17Cl2NO. The van der Waals surface area contributed by atoms with Crippen molar-refractivity contribution in [3.05, 3.63) is 69.7 Å². The zero-order valence-corrected chi connectivity index (χ0v) is 12.7. The van der Waals surface area contributed by atoms with Gasteiger partial charge in [-0.25, -0.2) is 0 Å². The Balaban J connectivity index is 2.17. The Hall–Kier alpha value is -1.06. The van der Waals surface area contributed by atoms with Gasteiger partial charge in [-0.3, -0.25) is 0 Å². The number of benzene rings is 2. The lowest BCUT2D eigenvalue weighted by atomic mass is 10.0. The molecule has 0 saturated carbocycles. The first-order valence-electron chi connectivity index (χ1n) is 6.49. The van der Waals surface area contributed by atoms with E-state index < -0.39 is 0 Å². The number of aliphatic hydroxyl groups is 1. The molecule has 0 spiro atoms. The lowest BCUT2D eigenvalue weighted by Gasteiger charge is -2.23. The summed E-state index contributed by atoms with van der Waals surface area (Å²) in [5.41, 5.74) is 1.97. The van der Waals surface area contributed by atoms with Gasteiger partial charge in [0.05, 0.1) is 22.7 Å². The van der Waals surface area contributed by atoms with E-state index in [1.54, 1.807) is 6.07 Å². The molecule has 20 heavy (non-hydrogen) atoms. The zero-order chi connectivity index (χ0) is 14.5. The molecule has 0 bridgehead atoms. The fourth-order valence-electron chi connectivity index (χ4n) is 2.19. The van der Waals surface area contributed by atoms with E-state index in [1.807, 2.05) is 49.4 Å². The van der Waals surface area contributed by atoms with Gasteiger partial charge < -0.3 is 10.4 Å². The fraction of sp³-hybridized carbons (Fsp3) is 0.250. The summed E-state index contributed by atoms with van der Waals surface area (Å²) in [7, 11) is 0. The van der Waals surface area contributed by atoms with Gasteiger partial charge in [-0.2, -0.15) is 0 Å². The highest BCUT2D eigenvalue weighted by Gasteiger charge is 2.17. The minimum atomic E-state index is -0.138. The first kappa shape index (κ1) is 15.3. The maximum Gasteiger partial charge on any atom is 0.0639 e. The quantitative estimate of drug-likeness (QED) is 0.859. The van der Waals surface area contributed by atoms with Crippen molar-refractivity contribution in [3.8, 4) is 0 Å². The van der Waals surface area contributed by atoms with Crippen molar-refractivity contribution in [1.82, 2.24) is 5.32 Å². The number of halogens is 2. The number of rotatable bonds is 5. The molecule has 0 fully saturated rings. The molecule has 0 aliphatic rings. The SMILES string of the molecule is CC(N[C@H](CO)c1ccccc1)c1cccc(Cl)c1Cl. The summed E-state index contributed by atoms with van der Waals surface area (Å²) in [6, 6.07) is 15.3. The minimum Gasteiger partial charge on any atom is -0.394 e. The van der Waals surface area contributed by atoms with Crippen molar-refractivity contribution in [1.29, 1.82) is 0 Å². The predicted octanol–water partition coefficient (Wildman–Crippen LogP) is 4.38. The lowest BCUT2D eigenvalue weighted by Crippen LogP contribution is -2.27. The Morgan fingerprint density at radius 2 is 1.75 bits per heavy atom. The van der Waals surface area contributed by atoms with Crippen LogP contribution in [0.3, 0.4) is 0 Å². The summed E-state index contributed by atoms with van der Waals surface area (Å²) in [5.74, 6) is 0. The van der Waals surface area contributed by atoms with E-state index in [0.717, 1.165) is 11.1 Å². The topological polar surface area (TPSA) is 32.3 Å². The molecule has 0 aromatic heterocycles. The van der Waals surface area contributed by atoms with Crippen molar-refractivity contribution < 1.29 is 5.11 Å². The molecule has 0 amide bonds. The summed E-state index contributed by atoms with van der Waals surface area (Å²) in [6.07, 6.45) is 0. The van der Waals surface area contributed by atoms with E-state index in [9.17, 15) is 5.11 Å². The number of hydrogen-bond donors (Lipinski definition) is 2. The Morgan fingerprint density at radius 3 is 2.40 bits per heavy atom. The van der Waals surface area contributed by atoms with Crippen molar-refractivity contribution >= 4 is 23.2 Å². The van der Waals surface area contributed by atoms with Crippen LogP contribution in [0.15, 0.2) is 48.5 Å². The highest BCUT2D eigenvalue weighted by Crippen LogP contribution is 2.30. The average molecular weight is 310 g/mol. The molecule has 2 rings (SSSR count). The third kappa shape index (κ3) is 3.53. The van der Waals surface area contributed by atoms with Gasteiger partial charge in [-0.15, -0.1) is 0 Å². The third-order valence-electron chi connectivity index (χ3n) is 3.28. The molecule has 106 valence electrons. The predicted molar refractivity (Wildman–Crippen MR) is 84.3 cm³/mol. The molecule has 2 aromatic carbocycles. The summed E-state index contributed by atoms with van der Waals surface area (Å²) >= 11 is 12.3. The van der Waals surface area contributed by atoms with Gasteiger partial charge in [-0.1, -0.05) is 65.7 Å². The van der Waals surface area contributed by atoms with Crippen molar-refractivity contribution in [2.45, 2.75) is 19.0 Å². The second-order valence-corrected chi connectivity index (χ2v) is 5.46. The highest BCUT2D eigenvalue weighted by atomic mass is 35.5. The lowest BCUT2D eigenvalue weighted by molar-refractivity contribution is 0.235. The van der Waals surface area contributed by atoms with Gasteiger partial charge in [0.25, 0.3) is 0 Å². The molecule has 2 atom stereocenters. The van der Waals surface area contributed by atoms with Crippen molar-refractivity contribution in [2.75, 3.05) is 6.61 Å². The normalized spacial score (nSPS) is 14.0. The summed E-state index contributed by atoms with van der Waals surface area (Å²) < 4.78 is 0. The van der Waals surface area contributed by atoms with Gasteiger partial charge in [-0.05, 0) is 24.1 Å². The van der Waals surface area contributed by atoms with Crippen LogP contribution in [-0.2, 0) is 0 Å². The van der Waals surface area contributed by atoms with E-state index in [-0.39, 0.29) is 18.7 Å². The van der Waals surface area contributed by atoms with Crippen molar-refractivity contribution in [2.24, 2.45) is 0 Å². The highest BCUT2D eigenvalue weighted by molar-refractivity contribution is 6.42. The summed E-state index contributed by atoms with van der Waals surface area (Å²) in [5, 5.41) is 14.0.